The van der Waals surface area contributed by atoms with Crippen molar-refractivity contribution in [3.8, 4) is 0 Å². The fourth-order valence-electron chi connectivity index (χ4n) is 2.94. The molecule has 0 radical (unpaired) electrons. The number of carbonyl (C=O) groups is 3. The molecule has 162 valence electrons. The lowest BCUT2D eigenvalue weighted by atomic mass is 10.0. The highest BCUT2D eigenvalue weighted by molar-refractivity contribution is 5.83. The summed E-state index contributed by atoms with van der Waals surface area (Å²) in [7, 11) is 1.74. The van der Waals surface area contributed by atoms with Crippen LogP contribution in [0.25, 0.3) is 0 Å². The van der Waals surface area contributed by atoms with E-state index in [0.717, 1.165) is 57.1 Å². The first-order valence-corrected chi connectivity index (χ1v) is 10.5. The SMILES string of the molecule is C=C(CC[C@H](NC(=O)CCCCCCCCCCCCC(=O)O)C(=O)O)NC. The highest BCUT2D eigenvalue weighted by Gasteiger charge is 2.19. The normalized spacial score (nSPS) is 11.6. The molecule has 0 spiro atoms. The second-order valence-electron chi connectivity index (χ2n) is 7.28. The molecule has 28 heavy (non-hydrogen) atoms. The van der Waals surface area contributed by atoms with Gasteiger partial charge in [0.2, 0.25) is 5.91 Å². The molecule has 0 aliphatic carbocycles. The van der Waals surface area contributed by atoms with E-state index < -0.39 is 18.0 Å². The van der Waals surface area contributed by atoms with Crippen LogP contribution in [0.5, 0.6) is 0 Å². The van der Waals surface area contributed by atoms with E-state index in [4.69, 9.17) is 5.11 Å². The summed E-state index contributed by atoms with van der Waals surface area (Å²) >= 11 is 0. The van der Waals surface area contributed by atoms with E-state index in [2.05, 4.69) is 17.2 Å². The predicted octanol–water partition coefficient (Wildman–Crippen LogP) is 3.83. The van der Waals surface area contributed by atoms with Crippen LogP contribution in [0.15, 0.2) is 12.3 Å². The van der Waals surface area contributed by atoms with Gasteiger partial charge in [-0.1, -0.05) is 57.9 Å². The fourth-order valence-corrected chi connectivity index (χ4v) is 2.94. The summed E-state index contributed by atoms with van der Waals surface area (Å²) in [5.74, 6) is -1.93. The molecule has 7 nitrogen and oxygen atoms in total. The van der Waals surface area contributed by atoms with Crippen LogP contribution in [0.3, 0.4) is 0 Å². The van der Waals surface area contributed by atoms with Crippen molar-refractivity contribution in [2.45, 2.75) is 95.9 Å². The predicted molar refractivity (Wildman–Crippen MR) is 110 cm³/mol. The van der Waals surface area contributed by atoms with Crippen molar-refractivity contribution < 1.29 is 24.6 Å². The first kappa shape index (κ1) is 26.0. The minimum atomic E-state index is -1.01. The number of allylic oxidation sites excluding steroid dienone is 1. The molecule has 4 N–H and O–H groups in total. The van der Waals surface area contributed by atoms with Gasteiger partial charge in [0.05, 0.1) is 0 Å². The molecule has 0 rings (SSSR count). The molecule has 0 aromatic rings. The van der Waals surface area contributed by atoms with Crippen LogP contribution >= 0.6 is 0 Å². The highest BCUT2D eigenvalue weighted by atomic mass is 16.4. The molecule has 0 bridgehead atoms. The van der Waals surface area contributed by atoms with Gasteiger partial charge in [-0.25, -0.2) is 4.79 Å². The van der Waals surface area contributed by atoms with Crippen molar-refractivity contribution in [1.82, 2.24) is 10.6 Å². The third kappa shape index (κ3) is 16.1. The molecule has 0 aromatic heterocycles. The van der Waals surface area contributed by atoms with Gasteiger partial charge in [-0.05, 0) is 25.7 Å². The standard InChI is InChI=1S/C21H38N2O5/c1-17(22-2)15-16-18(21(27)28)23-19(24)13-11-9-7-5-3-4-6-8-10-12-14-20(25)26/h18,22H,1,3-16H2,2H3,(H,23,24)(H,25,26)(H,27,28)/t18-/m0/s1. The summed E-state index contributed by atoms with van der Waals surface area (Å²) in [6, 6.07) is -0.868. The smallest absolute Gasteiger partial charge is 0.326 e. The molecule has 0 unspecified atom stereocenters. The summed E-state index contributed by atoms with van der Waals surface area (Å²) in [6.07, 6.45) is 11.8. The molecule has 7 heteroatoms. The number of nitrogens with one attached hydrogen (secondary N) is 2. The summed E-state index contributed by atoms with van der Waals surface area (Å²) in [6.45, 7) is 3.76. The minimum absolute atomic E-state index is 0.205. The number of hydrogen-bond acceptors (Lipinski definition) is 4. The van der Waals surface area contributed by atoms with Gasteiger partial charge in [-0.15, -0.1) is 0 Å². The Morgan fingerprint density at radius 1 is 0.786 bits per heavy atom. The lowest BCUT2D eigenvalue weighted by molar-refractivity contribution is -0.142. The Morgan fingerprint density at radius 3 is 1.68 bits per heavy atom. The summed E-state index contributed by atoms with van der Waals surface area (Å²) in [5, 5.41) is 23.2. The van der Waals surface area contributed by atoms with Crippen LogP contribution in [0, 0.1) is 0 Å². The van der Waals surface area contributed by atoms with Crippen LogP contribution in [-0.4, -0.2) is 41.1 Å². The average Bonchev–Trinajstić information content (AvgIpc) is 2.65. The second kappa shape index (κ2) is 17.1. The van der Waals surface area contributed by atoms with E-state index in [1.54, 1.807) is 7.05 Å². The molecule has 1 amide bonds. The van der Waals surface area contributed by atoms with Gasteiger partial charge >= 0.3 is 11.9 Å². The number of hydrogen-bond donors (Lipinski definition) is 4. The zero-order valence-electron chi connectivity index (χ0n) is 17.3. The first-order valence-electron chi connectivity index (χ1n) is 10.5. The Bertz CT molecular complexity index is 479. The van der Waals surface area contributed by atoms with Crippen molar-refractivity contribution >= 4 is 17.8 Å². The molecule has 0 aliphatic heterocycles. The average molecular weight is 399 g/mol. The molecule has 0 aliphatic rings. The van der Waals surface area contributed by atoms with Crippen molar-refractivity contribution in [3.63, 3.8) is 0 Å². The summed E-state index contributed by atoms with van der Waals surface area (Å²) in [5.41, 5.74) is 0.751. The van der Waals surface area contributed by atoms with E-state index >= 15 is 0 Å². The number of carbonyl (C=O) groups excluding carboxylic acids is 1. The number of carboxylic acids is 2. The Labute approximate surface area is 169 Å². The number of aliphatic carboxylic acids is 2. The summed E-state index contributed by atoms with van der Waals surface area (Å²) < 4.78 is 0. The van der Waals surface area contributed by atoms with E-state index in [0.29, 0.717) is 19.3 Å². The maximum Gasteiger partial charge on any atom is 0.326 e. The Hall–Kier alpha value is -2.05. The van der Waals surface area contributed by atoms with Gasteiger partial charge in [0.1, 0.15) is 6.04 Å². The van der Waals surface area contributed by atoms with Crippen molar-refractivity contribution in [2.75, 3.05) is 7.05 Å². The zero-order chi connectivity index (χ0) is 21.2. The Balaban J connectivity index is 3.61. The Morgan fingerprint density at radius 2 is 1.25 bits per heavy atom. The van der Waals surface area contributed by atoms with E-state index in [-0.39, 0.29) is 12.3 Å². The van der Waals surface area contributed by atoms with E-state index in [1.807, 2.05) is 0 Å². The Kier molecular flexibility index (Phi) is 15.8. The molecule has 1 atom stereocenters. The van der Waals surface area contributed by atoms with Crippen LogP contribution in [0.2, 0.25) is 0 Å². The third-order valence-corrected chi connectivity index (χ3v) is 4.77. The highest BCUT2D eigenvalue weighted by Crippen LogP contribution is 2.12. The van der Waals surface area contributed by atoms with Gasteiger partial charge < -0.3 is 20.8 Å². The van der Waals surface area contributed by atoms with E-state index in [1.165, 1.54) is 12.8 Å². The monoisotopic (exact) mass is 398 g/mol. The van der Waals surface area contributed by atoms with Gasteiger partial charge in [0, 0.05) is 25.6 Å². The lowest BCUT2D eigenvalue weighted by Crippen LogP contribution is -2.40. The largest absolute Gasteiger partial charge is 0.481 e. The summed E-state index contributed by atoms with van der Waals surface area (Å²) in [4.78, 5) is 33.6. The second-order valence-corrected chi connectivity index (χ2v) is 7.28. The van der Waals surface area contributed by atoms with Gasteiger partial charge in [-0.3, -0.25) is 9.59 Å². The molecule has 0 saturated heterocycles. The third-order valence-electron chi connectivity index (χ3n) is 4.77. The van der Waals surface area contributed by atoms with Crippen LogP contribution in [0.4, 0.5) is 0 Å². The fraction of sp³-hybridized carbons (Fsp3) is 0.762. The van der Waals surface area contributed by atoms with Gasteiger partial charge in [0.15, 0.2) is 0 Å². The van der Waals surface area contributed by atoms with Crippen molar-refractivity contribution in [2.24, 2.45) is 0 Å². The van der Waals surface area contributed by atoms with Crippen LogP contribution in [0.1, 0.15) is 89.9 Å². The van der Waals surface area contributed by atoms with Gasteiger partial charge in [-0.2, -0.15) is 0 Å². The number of carboxylic acid groups (broad SMARTS) is 2. The topological polar surface area (TPSA) is 116 Å². The quantitative estimate of drug-likeness (QED) is 0.246. The maximum absolute atomic E-state index is 11.9. The zero-order valence-corrected chi connectivity index (χ0v) is 17.3. The molecule has 0 heterocycles. The molecule has 0 aromatic carbocycles. The minimum Gasteiger partial charge on any atom is -0.481 e. The molecule has 0 fully saturated rings. The van der Waals surface area contributed by atoms with Crippen molar-refractivity contribution in [3.05, 3.63) is 12.3 Å². The molecular formula is C21H38N2O5. The number of rotatable bonds is 19. The molecule has 0 saturated carbocycles. The maximum atomic E-state index is 11.9. The van der Waals surface area contributed by atoms with E-state index in [9.17, 15) is 19.5 Å². The first-order chi connectivity index (χ1) is 13.4. The lowest BCUT2D eigenvalue weighted by Gasteiger charge is -2.15. The van der Waals surface area contributed by atoms with Crippen molar-refractivity contribution in [1.29, 1.82) is 0 Å². The number of amides is 1. The van der Waals surface area contributed by atoms with Crippen LogP contribution in [-0.2, 0) is 14.4 Å². The molecular weight excluding hydrogens is 360 g/mol. The number of unbranched alkanes of at least 4 members (excludes halogenated alkanes) is 9. The van der Waals surface area contributed by atoms with Gasteiger partial charge in [0.25, 0.3) is 0 Å². The van der Waals surface area contributed by atoms with Crippen LogP contribution < -0.4 is 10.6 Å².